The number of rotatable bonds is 0. The third-order valence-corrected chi connectivity index (χ3v) is 10.9. The summed E-state index contributed by atoms with van der Waals surface area (Å²) in [7, 11) is 1.00. The summed E-state index contributed by atoms with van der Waals surface area (Å²) in [6.07, 6.45) is 17.4. The van der Waals surface area contributed by atoms with E-state index in [4.69, 9.17) is 9.84 Å². The lowest BCUT2D eigenvalue weighted by molar-refractivity contribution is -0.0641. The fourth-order valence-corrected chi connectivity index (χ4v) is 9.48. The van der Waals surface area contributed by atoms with Gasteiger partial charge in [0.25, 0.3) is 0 Å². The van der Waals surface area contributed by atoms with Crippen molar-refractivity contribution in [3.63, 3.8) is 0 Å². The van der Waals surface area contributed by atoms with Gasteiger partial charge in [0.2, 0.25) is 0 Å². The molecular formula is C30H53NO2. The second-order valence-electron chi connectivity index (χ2n) is 12.5. The number of piperidine rings is 1. The summed E-state index contributed by atoms with van der Waals surface area (Å²) in [6, 6.07) is 0.617. The maximum absolute atomic E-state index is 7.00. The molecule has 6 rings (SSSR count). The second-order valence-corrected chi connectivity index (χ2v) is 12.5. The molecule has 33 heavy (non-hydrogen) atoms. The van der Waals surface area contributed by atoms with Crippen molar-refractivity contribution in [1.29, 1.82) is 0 Å². The predicted molar refractivity (Wildman–Crippen MR) is 138 cm³/mol. The van der Waals surface area contributed by atoms with E-state index >= 15 is 0 Å². The summed E-state index contributed by atoms with van der Waals surface area (Å²) in [5, 5.41) is 10.8. The molecule has 9 unspecified atom stereocenters. The van der Waals surface area contributed by atoms with Gasteiger partial charge < -0.3 is 15.2 Å². The quantitative estimate of drug-likeness (QED) is 0.388. The van der Waals surface area contributed by atoms with Crippen LogP contribution in [0, 0.1) is 35.0 Å². The number of aliphatic hydroxyl groups excluding tert-OH is 1. The molecule has 2 heterocycles. The number of ether oxygens (including phenoxy) is 1. The first-order chi connectivity index (χ1) is 16.0. The Kier molecular flexibility index (Phi) is 8.03. The lowest BCUT2D eigenvalue weighted by Gasteiger charge is -2.52. The normalized spacial score (nSPS) is 48.3. The van der Waals surface area contributed by atoms with Crippen molar-refractivity contribution in [2.45, 2.75) is 129 Å². The highest BCUT2D eigenvalue weighted by molar-refractivity contribution is 5.28. The van der Waals surface area contributed by atoms with E-state index in [1.54, 1.807) is 5.57 Å². The summed E-state index contributed by atoms with van der Waals surface area (Å²) < 4.78 is 6.92. The van der Waals surface area contributed by atoms with Crippen LogP contribution >= 0.6 is 0 Å². The standard InChI is InChI=1S/C27H43NO.C2H6.CH4O/c1-17-12-25-24(28-16-17)15-27(29-25)11-9-20-21-8-7-19-6-4-5-10-26(19,3)23(21)13-22(20)18(2)14-27;2*1-2/h17,19-21,23-25,28H,4-16H2,1-3H3;1-2H3;2H,1H3. The van der Waals surface area contributed by atoms with Crippen LogP contribution in [0.1, 0.15) is 112 Å². The first-order valence-electron chi connectivity index (χ1n) is 14.5. The second kappa shape index (κ2) is 10.3. The molecule has 0 aromatic carbocycles. The lowest BCUT2D eigenvalue weighted by Crippen LogP contribution is -2.45. The third kappa shape index (κ3) is 4.49. The molecule has 0 aromatic rings. The molecule has 3 nitrogen and oxygen atoms in total. The van der Waals surface area contributed by atoms with Crippen LogP contribution in [0.5, 0.6) is 0 Å². The van der Waals surface area contributed by atoms with Crippen molar-refractivity contribution < 1.29 is 9.84 Å². The van der Waals surface area contributed by atoms with E-state index < -0.39 is 0 Å². The van der Waals surface area contributed by atoms with Gasteiger partial charge in [-0.25, -0.2) is 0 Å². The zero-order valence-electron chi connectivity index (χ0n) is 22.6. The third-order valence-electron chi connectivity index (χ3n) is 10.9. The van der Waals surface area contributed by atoms with E-state index in [0.717, 1.165) is 36.7 Å². The molecule has 1 spiro atoms. The van der Waals surface area contributed by atoms with Crippen LogP contribution < -0.4 is 5.32 Å². The minimum Gasteiger partial charge on any atom is -0.400 e. The van der Waals surface area contributed by atoms with Crippen LogP contribution in [0.4, 0.5) is 0 Å². The molecule has 0 amide bonds. The highest BCUT2D eigenvalue weighted by atomic mass is 16.5. The van der Waals surface area contributed by atoms with E-state index in [1.165, 1.54) is 83.6 Å². The van der Waals surface area contributed by atoms with Gasteiger partial charge >= 0.3 is 0 Å². The molecule has 0 aromatic heterocycles. The highest BCUT2D eigenvalue weighted by Crippen LogP contribution is 2.64. The Morgan fingerprint density at radius 1 is 1.03 bits per heavy atom. The first-order valence-corrected chi connectivity index (χ1v) is 14.5. The van der Waals surface area contributed by atoms with Crippen molar-refractivity contribution in [3.8, 4) is 0 Å². The van der Waals surface area contributed by atoms with E-state index in [-0.39, 0.29) is 5.60 Å². The van der Waals surface area contributed by atoms with Gasteiger partial charge in [-0.3, -0.25) is 0 Å². The van der Waals surface area contributed by atoms with E-state index in [2.05, 4.69) is 26.1 Å². The van der Waals surface area contributed by atoms with Gasteiger partial charge in [-0.2, -0.15) is 0 Å². The van der Waals surface area contributed by atoms with Gasteiger partial charge in [0.15, 0.2) is 0 Å². The molecule has 2 saturated heterocycles. The van der Waals surface area contributed by atoms with E-state index in [0.29, 0.717) is 17.6 Å². The fraction of sp³-hybridized carbons (Fsp3) is 0.933. The number of hydrogen-bond donors (Lipinski definition) is 2. The molecule has 190 valence electrons. The molecular weight excluding hydrogens is 406 g/mol. The molecule has 3 saturated carbocycles. The average molecular weight is 460 g/mol. The minimum absolute atomic E-state index is 0.148. The van der Waals surface area contributed by atoms with Gasteiger partial charge in [-0.05, 0) is 113 Å². The fourth-order valence-electron chi connectivity index (χ4n) is 9.48. The highest BCUT2D eigenvalue weighted by Gasteiger charge is 2.57. The Bertz CT molecular complexity index is 703. The van der Waals surface area contributed by atoms with E-state index in [1.807, 2.05) is 19.4 Å². The summed E-state index contributed by atoms with van der Waals surface area (Å²) in [5.41, 5.74) is 4.44. The number of aliphatic hydroxyl groups is 1. The maximum atomic E-state index is 7.00. The zero-order valence-corrected chi connectivity index (χ0v) is 22.6. The van der Waals surface area contributed by atoms with Gasteiger partial charge in [0.05, 0.1) is 11.7 Å². The van der Waals surface area contributed by atoms with Gasteiger partial charge in [-0.1, -0.05) is 51.7 Å². The van der Waals surface area contributed by atoms with Gasteiger partial charge in [0, 0.05) is 13.2 Å². The Labute approximate surface area is 204 Å². The summed E-state index contributed by atoms with van der Waals surface area (Å²) in [4.78, 5) is 0. The number of fused-ring (bicyclic) bond motifs is 6. The molecule has 2 N–H and O–H groups in total. The Hall–Kier alpha value is -0.380. The number of hydrogen-bond acceptors (Lipinski definition) is 3. The molecule has 0 radical (unpaired) electrons. The predicted octanol–water partition coefficient (Wildman–Crippen LogP) is 6.89. The molecule has 5 fully saturated rings. The van der Waals surface area contributed by atoms with Crippen molar-refractivity contribution in [2.24, 2.45) is 35.0 Å². The topological polar surface area (TPSA) is 41.5 Å². The Morgan fingerprint density at radius 2 is 1.82 bits per heavy atom. The van der Waals surface area contributed by atoms with Crippen molar-refractivity contribution in [3.05, 3.63) is 11.1 Å². The van der Waals surface area contributed by atoms with Crippen LogP contribution in [-0.4, -0.2) is 36.5 Å². The molecule has 0 bridgehead atoms. The van der Waals surface area contributed by atoms with Gasteiger partial charge in [0.1, 0.15) is 0 Å². The van der Waals surface area contributed by atoms with E-state index in [9.17, 15) is 0 Å². The monoisotopic (exact) mass is 459 g/mol. The van der Waals surface area contributed by atoms with Crippen LogP contribution in [0.25, 0.3) is 0 Å². The molecule has 2 aliphatic heterocycles. The number of allylic oxidation sites excluding steroid dienone is 1. The smallest absolute Gasteiger partial charge is 0.0740 e. The molecule has 6 aliphatic rings. The zero-order chi connectivity index (χ0) is 23.8. The molecule has 9 atom stereocenters. The summed E-state index contributed by atoms with van der Waals surface area (Å²) in [5.74, 6) is 4.65. The Balaban J connectivity index is 0.000000617. The summed E-state index contributed by atoms with van der Waals surface area (Å²) >= 11 is 0. The minimum atomic E-state index is 0.148. The van der Waals surface area contributed by atoms with Crippen molar-refractivity contribution >= 4 is 0 Å². The average Bonchev–Trinajstić information content (AvgIpc) is 3.35. The van der Waals surface area contributed by atoms with Gasteiger partial charge in [-0.15, -0.1) is 0 Å². The van der Waals surface area contributed by atoms with Crippen molar-refractivity contribution in [1.82, 2.24) is 5.32 Å². The maximum Gasteiger partial charge on any atom is 0.0740 e. The molecule has 4 aliphatic carbocycles. The lowest BCUT2D eigenvalue weighted by atomic mass is 9.52. The number of nitrogens with one attached hydrogen (secondary N) is 1. The van der Waals surface area contributed by atoms with Crippen LogP contribution in [-0.2, 0) is 4.74 Å². The van der Waals surface area contributed by atoms with Crippen molar-refractivity contribution in [2.75, 3.05) is 13.7 Å². The molecule has 3 heteroatoms. The Morgan fingerprint density at radius 3 is 2.61 bits per heavy atom. The van der Waals surface area contributed by atoms with Crippen LogP contribution in [0.2, 0.25) is 0 Å². The summed E-state index contributed by atoms with van der Waals surface area (Å²) in [6.45, 7) is 12.8. The van der Waals surface area contributed by atoms with Crippen LogP contribution in [0.15, 0.2) is 11.1 Å². The largest absolute Gasteiger partial charge is 0.400 e. The van der Waals surface area contributed by atoms with Crippen LogP contribution in [0.3, 0.4) is 0 Å². The first kappa shape index (κ1) is 25.7. The SMILES string of the molecule is CC.CC1=C2CC3C(CCC4CCCCC43C)C2CCC2(C1)CC1NCC(C)CC1O2.CO.